The number of carbonyl (C=O) groups excluding carboxylic acids is 1. The van der Waals surface area contributed by atoms with Crippen molar-refractivity contribution >= 4 is 47.4 Å². The number of amides is 1. The van der Waals surface area contributed by atoms with Crippen LogP contribution in [-0.4, -0.2) is 68.5 Å². The highest BCUT2D eigenvalue weighted by atomic mass is 127. The summed E-state index contributed by atoms with van der Waals surface area (Å²) in [7, 11) is 3.93. The predicted octanol–water partition coefficient (Wildman–Crippen LogP) is 4.15. The molecule has 32 heavy (non-hydrogen) atoms. The summed E-state index contributed by atoms with van der Waals surface area (Å²) < 4.78 is 0. The first kappa shape index (κ1) is 27.2. The van der Waals surface area contributed by atoms with Gasteiger partial charge in [-0.2, -0.15) is 0 Å². The molecule has 8 heteroatoms. The molecule has 2 aliphatic rings. The van der Waals surface area contributed by atoms with E-state index in [0.29, 0.717) is 24.3 Å². The largest absolute Gasteiger partial charge is 0.359 e. The van der Waals surface area contributed by atoms with Crippen LogP contribution >= 0.6 is 35.6 Å². The quantitative estimate of drug-likeness (QED) is 0.304. The monoisotopic (exact) mass is 575 g/mol. The van der Waals surface area contributed by atoms with E-state index in [9.17, 15) is 4.79 Å². The Kier molecular flexibility index (Phi) is 11.6. The fourth-order valence-corrected chi connectivity index (χ4v) is 5.21. The molecule has 0 radical (unpaired) electrons. The number of benzene rings is 1. The Morgan fingerprint density at radius 1 is 1.22 bits per heavy atom. The van der Waals surface area contributed by atoms with E-state index in [2.05, 4.69) is 46.5 Å². The van der Waals surface area contributed by atoms with Crippen LogP contribution in [0.15, 0.2) is 29.3 Å². The molecule has 6 nitrogen and oxygen atoms in total. The predicted molar refractivity (Wildman–Crippen MR) is 144 cm³/mol. The standard InChI is InChI=1S/C24H38ClN5O.HI/c1-4-27-24(30-13-10-18(11-14-30)15-22(31)26-2)28-17-20-8-6-12-29(3)23(20)19-7-5-9-21(25)16-19;/h5,7,9,16,18,20,23H,4,6,8,10-15,17H2,1-3H3,(H,26,31)(H,27,28);1H. The molecular formula is C24H39ClIN5O. The maximum absolute atomic E-state index is 11.7. The molecule has 180 valence electrons. The van der Waals surface area contributed by atoms with Crippen LogP contribution in [0.1, 0.15) is 50.6 Å². The van der Waals surface area contributed by atoms with Gasteiger partial charge in [-0.15, -0.1) is 24.0 Å². The van der Waals surface area contributed by atoms with Gasteiger partial charge >= 0.3 is 0 Å². The first-order valence-electron chi connectivity index (χ1n) is 11.7. The van der Waals surface area contributed by atoms with Crippen molar-refractivity contribution in [1.29, 1.82) is 0 Å². The van der Waals surface area contributed by atoms with Gasteiger partial charge in [-0.25, -0.2) is 0 Å². The van der Waals surface area contributed by atoms with Gasteiger partial charge in [-0.3, -0.25) is 14.7 Å². The molecule has 0 saturated carbocycles. The van der Waals surface area contributed by atoms with Crippen molar-refractivity contribution in [2.24, 2.45) is 16.8 Å². The molecule has 2 heterocycles. The van der Waals surface area contributed by atoms with Crippen LogP contribution < -0.4 is 10.6 Å². The number of nitrogens with one attached hydrogen (secondary N) is 2. The summed E-state index contributed by atoms with van der Waals surface area (Å²) in [6.07, 6.45) is 5.09. The van der Waals surface area contributed by atoms with E-state index in [1.165, 1.54) is 18.4 Å². The van der Waals surface area contributed by atoms with E-state index in [0.717, 1.165) is 56.5 Å². The summed E-state index contributed by atoms with van der Waals surface area (Å²) in [5.41, 5.74) is 1.29. The van der Waals surface area contributed by atoms with Crippen molar-refractivity contribution in [3.8, 4) is 0 Å². The molecule has 2 unspecified atom stereocenters. The van der Waals surface area contributed by atoms with Crippen molar-refractivity contribution in [2.45, 2.75) is 45.1 Å². The molecule has 2 N–H and O–H groups in total. The van der Waals surface area contributed by atoms with Gasteiger partial charge in [0, 0.05) is 50.7 Å². The molecule has 2 fully saturated rings. The van der Waals surface area contributed by atoms with Crippen molar-refractivity contribution in [3.05, 3.63) is 34.9 Å². The third-order valence-corrected chi connectivity index (χ3v) is 6.91. The second kappa shape index (κ2) is 13.6. The average molecular weight is 576 g/mol. The van der Waals surface area contributed by atoms with Crippen molar-refractivity contribution in [1.82, 2.24) is 20.4 Å². The minimum absolute atomic E-state index is 0. The molecule has 0 spiro atoms. The van der Waals surface area contributed by atoms with Gasteiger partial charge in [0.15, 0.2) is 5.96 Å². The van der Waals surface area contributed by atoms with Gasteiger partial charge in [-0.1, -0.05) is 23.7 Å². The van der Waals surface area contributed by atoms with Gasteiger partial charge in [-0.05, 0) is 75.7 Å². The number of halogens is 2. The molecule has 1 aromatic rings. The number of hydrogen-bond acceptors (Lipinski definition) is 3. The van der Waals surface area contributed by atoms with E-state index in [-0.39, 0.29) is 29.9 Å². The first-order chi connectivity index (χ1) is 15.0. The molecule has 0 bridgehead atoms. The molecule has 2 saturated heterocycles. The van der Waals surface area contributed by atoms with E-state index < -0.39 is 0 Å². The zero-order valence-electron chi connectivity index (χ0n) is 19.6. The lowest BCUT2D eigenvalue weighted by Crippen LogP contribution is -2.46. The third kappa shape index (κ3) is 7.48. The van der Waals surface area contributed by atoms with Gasteiger partial charge in [0.25, 0.3) is 0 Å². The number of hydrogen-bond donors (Lipinski definition) is 2. The number of piperidine rings is 2. The summed E-state index contributed by atoms with van der Waals surface area (Å²) in [5.74, 6) is 2.10. The Morgan fingerprint density at radius 2 is 1.97 bits per heavy atom. The van der Waals surface area contributed by atoms with Crippen LogP contribution in [0.25, 0.3) is 0 Å². The summed E-state index contributed by atoms with van der Waals surface area (Å²) in [6.45, 7) is 6.81. The molecule has 0 aromatic heterocycles. The summed E-state index contributed by atoms with van der Waals surface area (Å²) in [6, 6.07) is 8.63. The molecule has 2 aliphatic heterocycles. The van der Waals surface area contributed by atoms with E-state index in [4.69, 9.17) is 16.6 Å². The molecule has 2 atom stereocenters. The van der Waals surface area contributed by atoms with Gasteiger partial charge in [0.05, 0.1) is 0 Å². The zero-order chi connectivity index (χ0) is 22.2. The maximum Gasteiger partial charge on any atom is 0.220 e. The van der Waals surface area contributed by atoms with Crippen LogP contribution in [-0.2, 0) is 4.79 Å². The van der Waals surface area contributed by atoms with Crippen LogP contribution in [0, 0.1) is 11.8 Å². The highest BCUT2D eigenvalue weighted by molar-refractivity contribution is 14.0. The van der Waals surface area contributed by atoms with Gasteiger partial charge < -0.3 is 15.5 Å². The summed E-state index contributed by atoms with van der Waals surface area (Å²) in [5, 5.41) is 7.04. The van der Waals surface area contributed by atoms with Crippen molar-refractivity contribution in [2.75, 3.05) is 46.8 Å². The highest BCUT2D eigenvalue weighted by Crippen LogP contribution is 2.36. The Balaban J connectivity index is 0.00000363. The number of guanidine groups is 1. The second-order valence-electron chi connectivity index (χ2n) is 8.89. The Morgan fingerprint density at radius 3 is 2.62 bits per heavy atom. The Hall–Kier alpha value is -1.06. The Bertz CT molecular complexity index is 754. The average Bonchev–Trinajstić information content (AvgIpc) is 2.77. The lowest BCUT2D eigenvalue weighted by atomic mass is 9.85. The van der Waals surface area contributed by atoms with E-state index in [1.807, 2.05) is 12.1 Å². The molecule has 1 amide bonds. The van der Waals surface area contributed by atoms with E-state index in [1.54, 1.807) is 7.05 Å². The topological polar surface area (TPSA) is 60.0 Å². The number of aliphatic imine (C=N–C) groups is 1. The maximum atomic E-state index is 11.7. The van der Waals surface area contributed by atoms with Crippen LogP contribution in [0.5, 0.6) is 0 Å². The van der Waals surface area contributed by atoms with Gasteiger partial charge in [0.1, 0.15) is 0 Å². The van der Waals surface area contributed by atoms with E-state index >= 15 is 0 Å². The fourth-order valence-electron chi connectivity index (χ4n) is 5.01. The minimum atomic E-state index is 0. The Labute approximate surface area is 215 Å². The number of likely N-dealkylation sites (tertiary alicyclic amines) is 2. The number of rotatable bonds is 6. The third-order valence-electron chi connectivity index (χ3n) is 6.67. The summed E-state index contributed by atoms with van der Waals surface area (Å²) >= 11 is 6.29. The molecule has 1 aromatic carbocycles. The van der Waals surface area contributed by atoms with Gasteiger partial charge in [0.2, 0.25) is 5.91 Å². The lowest BCUT2D eigenvalue weighted by Gasteiger charge is -2.39. The first-order valence-corrected chi connectivity index (χ1v) is 12.1. The smallest absolute Gasteiger partial charge is 0.220 e. The zero-order valence-corrected chi connectivity index (χ0v) is 22.7. The van der Waals surface area contributed by atoms with Crippen molar-refractivity contribution < 1.29 is 4.79 Å². The normalized spacial score (nSPS) is 22.9. The van der Waals surface area contributed by atoms with Crippen LogP contribution in [0.2, 0.25) is 5.02 Å². The number of nitrogens with zero attached hydrogens (tertiary/aromatic N) is 3. The minimum Gasteiger partial charge on any atom is -0.359 e. The molecule has 3 rings (SSSR count). The highest BCUT2D eigenvalue weighted by Gasteiger charge is 2.31. The van der Waals surface area contributed by atoms with Crippen molar-refractivity contribution in [3.63, 3.8) is 0 Å². The van der Waals surface area contributed by atoms with Crippen LogP contribution in [0.4, 0.5) is 0 Å². The summed E-state index contributed by atoms with van der Waals surface area (Å²) in [4.78, 5) is 21.6. The molecule has 0 aliphatic carbocycles. The number of carbonyl (C=O) groups is 1. The fraction of sp³-hybridized carbons (Fsp3) is 0.667. The van der Waals surface area contributed by atoms with Crippen LogP contribution in [0.3, 0.4) is 0 Å². The SMILES string of the molecule is CCNC(=NCC1CCCN(C)C1c1cccc(Cl)c1)N1CCC(CC(=O)NC)CC1.I. The molecular weight excluding hydrogens is 537 g/mol. The lowest BCUT2D eigenvalue weighted by molar-refractivity contribution is -0.121. The second-order valence-corrected chi connectivity index (χ2v) is 9.32.